The van der Waals surface area contributed by atoms with Crippen molar-refractivity contribution >= 4 is 5.57 Å². The summed E-state index contributed by atoms with van der Waals surface area (Å²) in [6, 6.07) is 19.2. The molecule has 0 spiro atoms. The van der Waals surface area contributed by atoms with Crippen molar-refractivity contribution in [1.82, 2.24) is 0 Å². The molecular formula is C18H16O2. The monoisotopic (exact) mass is 264 g/mol. The van der Waals surface area contributed by atoms with Gasteiger partial charge in [0.15, 0.2) is 0 Å². The van der Waals surface area contributed by atoms with E-state index in [2.05, 4.69) is 0 Å². The van der Waals surface area contributed by atoms with E-state index in [0.29, 0.717) is 6.42 Å². The van der Waals surface area contributed by atoms with E-state index in [4.69, 9.17) is 0 Å². The highest BCUT2D eigenvalue weighted by molar-refractivity contribution is 5.72. The molecule has 3 rings (SSSR count). The van der Waals surface area contributed by atoms with Crippen molar-refractivity contribution in [2.45, 2.75) is 12.0 Å². The Kier molecular flexibility index (Phi) is 3.17. The number of aliphatic hydroxyl groups is 2. The summed E-state index contributed by atoms with van der Waals surface area (Å²) in [5, 5.41) is 20.9. The zero-order chi connectivity index (χ0) is 14.0. The number of allylic oxidation sites excluding steroid dienone is 1. The fourth-order valence-electron chi connectivity index (χ4n) is 2.55. The van der Waals surface area contributed by atoms with Gasteiger partial charge >= 0.3 is 0 Å². The van der Waals surface area contributed by atoms with Gasteiger partial charge in [0.25, 0.3) is 0 Å². The maximum atomic E-state index is 10.9. The van der Waals surface area contributed by atoms with Gasteiger partial charge in [-0.15, -0.1) is 0 Å². The van der Waals surface area contributed by atoms with E-state index >= 15 is 0 Å². The predicted octanol–water partition coefficient (Wildman–Crippen LogP) is 3.80. The van der Waals surface area contributed by atoms with Crippen LogP contribution in [0.2, 0.25) is 0 Å². The minimum Gasteiger partial charge on any atom is -0.508 e. The molecule has 2 aromatic carbocycles. The molecule has 1 aliphatic carbocycles. The van der Waals surface area contributed by atoms with Crippen molar-refractivity contribution in [2.24, 2.45) is 0 Å². The van der Waals surface area contributed by atoms with Gasteiger partial charge in [-0.3, -0.25) is 0 Å². The third-order valence-corrected chi connectivity index (χ3v) is 3.67. The molecule has 100 valence electrons. The second kappa shape index (κ2) is 4.99. The first-order chi connectivity index (χ1) is 9.69. The molecule has 1 atom stereocenters. The number of rotatable bonds is 2. The van der Waals surface area contributed by atoms with E-state index in [9.17, 15) is 10.2 Å². The van der Waals surface area contributed by atoms with Crippen LogP contribution in [0.4, 0.5) is 0 Å². The van der Waals surface area contributed by atoms with Crippen LogP contribution in [0, 0.1) is 0 Å². The van der Waals surface area contributed by atoms with Gasteiger partial charge in [0.05, 0.1) is 0 Å². The van der Waals surface area contributed by atoms with Gasteiger partial charge in [0.1, 0.15) is 11.4 Å². The summed E-state index contributed by atoms with van der Waals surface area (Å²) in [6.07, 6.45) is 3.60. The molecule has 0 heterocycles. The van der Waals surface area contributed by atoms with E-state index in [1.807, 2.05) is 60.7 Å². The fraction of sp³-hybridized carbons (Fsp3) is 0.111. The normalized spacial score (nSPS) is 22.1. The zero-order valence-corrected chi connectivity index (χ0v) is 11.0. The fourth-order valence-corrected chi connectivity index (χ4v) is 2.55. The molecule has 0 fully saturated rings. The molecule has 0 amide bonds. The number of aliphatic hydroxyl groups excluding tert-OH is 1. The van der Waals surface area contributed by atoms with Gasteiger partial charge in [0.2, 0.25) is 0 Å². The topological polar surface area (TPSA) is 40.5 Å². The molecule has 0 aliphatic heterocycles. The highest BCUT2D eigenvalue weighted by Gasteiger charge is 2.31. The van der Waals surface area contributed by atoms with E-state index in [-0.39, 0.29) is 5.76 Å². The third kappa shape index (κ3) is 2.26. The first-order valence-electron chi connectivity index (χ1n) is 6.64. The van der Waals surface area contributed by atoms with Crippen LogP contribution in [0.5, 0.6) is 0 Å². The lowest BCUT2D eigenvalue weighted by Crippen LogP contribution is -2.25. The van der Waals surface area contributed by atoms with Crippen molar-refractivity contribution in [1.29, 1.82) is 0 Å². The molecule has 0 radical (unpaired) electrons. The largest absolute Gasteiger partial charge is 0.508 e. The van der Waals surface area contributed by atoms with Crippen LogP contribution < -0.4 is 0 Å². The Morgan fingerprint density at radius 2 is 1.45 bits per heavy atom. The maximum Gasteiger partial charge on any atom is 0.119 e. The maximum absolute atomic E-state index is 10.9. The molecule has 20 heavy (non-hydrogen) atoms. The van der Waals surface area contributed by atoms with E-state index in [1.54, 1.807) is 12.2 Å². The number of benzene rings is 2. The SMILES string of the molecule is OC1=C(c2ccccc2)CC(O)(c2ccccc2)C=C1. The van der Waals surface area contributed by atoms with Crippen molar-refractivity contribution in [3.63, 3.8) is 0 Å². The molecule has 2 heteroatoms. The summed E-state index contributed by atoms with van der Waals surface area (Å²) in [5.74, 6) is 0.219. The number of hydrogen-bond donors (Lipinski definition) is 2. The van der Waals surface area contributed by atoms with Crippen molar-refractivity contribution < 1.29 is 10.2 Å². The van der Waals surface area contributed by atoms with Gasteiger partial charge in [-0.1, -0.05) is 60.7 Å². The summed E-state index contributed by atoms with van der Waals surface area (Å²) in [5.41, 5.74) is 1.46. The highest BCUT2D eigenvalue weighted by atomic mass is 16.3. The Hall–Kier alpha value is -2.32. The lowest BCUT2D eigenvalue weighted by Gasteiger charge is -2.30. The molecule has 0 bridgehead atoms. The van der Waals surface area contributed by atoms with Crippen LogP contribution >= 0.6 is 0 Å². The van der Waals surface area contributed by atoms with Gasteiger partial charge in [-0.2, -0.15) is 0 Å². The molecule has 2 nitrogen and oxygen atoms in total. The van der Waals surface area contributed by atoms with Crippen molar-refractivity contribution in [3.8, 4) is 0 Å². The Balaban J connectivity index is 2.01. The molecule has 1 aliphatic rings. The summed E-state index contributed by atoms with van der Waals surface area (Å²) in [4.78, 5) is 0. The van der Waals surface area contributed by atoms with Crippen molar-refractivity contribution in [3.05, 3.63) is 89.7 Å². The highest BCUT2D eigenvalue weighted by Crippen LogP contribution is 2.38. The molecule has 2 N–H and O–H groups in total. The summed E-state index contributed by atoms with van der Waals surface area (Å²) in [6.45, 7) is 0. The lowest BCUT2D eigenvalue weighted by atomic mass is 9.81. The lowest BCUT2D eigenvalue weighted by molar-refractivity contribution is 0.0924. The van der Waals surface area contributed by atoms with Crippen LogP contribution in [0.1, 0.15) is 17.5 Å². The Morgan fingerprint density at radius 3 is 2.10 bits per heavy atom. The number of hydrogen-bond acceptors (Lipinski definition) is 2. The molecule has 0 saturated carbocycles. The first-order valence-corrected chi connectivity index (χ1v) is 6.64. The average Bonchev–Trinajstić information content (AvgIpc) is 2.52. The van der Waals surface area contributed by atoms with Gasteiger partial charge in [0, 0.05) is 12.0 Å². The first kappa shape index (κ1) is 12.7. The predicted molar refractivity (Wildman–Crippen MR) is 80.1 cm³/mol. The smallest absolute Gasteiger partial charge is 0.119 e. The zero-order valence-electron chi connectivity index (χ0n) is 11.0. The van der Waals surface area contributed by atoms with Gasteiger partial charge < -0.3 is 10.2 Å². The molecule has 1 unspecified atom stereocenters. The summed E-state index contributed by atoms with van der Waals surface area (Å²) < 4.78 is 0. The quantitative estimate of drug-likeness (QED) is 0.866. The van der Waals surface area contributed by atoms with Gasteiger partial charge in [-0.25, -0.2) is 0 Å². The molecular weight excluding hydrogens is 248 g/mol. The van der Waals surface area contributed by atoms with E-state index < -0.39 is 5.60 Å². The molecule has 0 aromatic heterocycles. The Labute approximate surface area is 118 Å². The van der Waals surface area contributed by atoms with E-state index in [0.717, 1.165) is 16.7 Å². The van der Waals surface area contributed by atoms with Crippen LogP contribution in [0.3, 0.4) is 0 Å². The molecule has 0 saturated heterocycles. The summed E-state index contributed by atoms with van der Waals surface area (Å²) >= 11 is 0. The second-order valence-electron chi connectivity index (χ2n) is 5.03. The minimum absolute atomic E-state index is 0.219. The summed E-state index contributed by atoms with van der Waals surface area (Å²) in [7, 11) is 0. The average molecular weight is 264 g/mol. The molecule has 2 aromatic rings. The Morgan fingerprint density at radius 1 is 0.850 bits per heavy atom. The van der Waals surface area contributed by atoms with Gasteiger partial charge in [-0.05, 0) is 23.3 Å². The van der Waals surface area contributed by atoms with E-state index in [1.165, 1.54) is 0 Å². The minimum atomic E-state index is -1.07. The second-order valence-corrected chi connectivity index (χ2v) is 5.03. The van der Waals surface area contributed by atoms with Crippen molar-refractivity contribution in [2.75, 3.05) is 0 Å². The van der Waals surface area contributed by atoms with Crippen LogP contribution in [-0.2, 0) is 5.60 Å². The third-order valence-electron chi connectivity index (χ3n) is 3.67. The van der Waals surface area contributed by atoms with Crippen LogP contribution in [0.15, 0.2) is 78.6 Å². The standard InChI is InChI=1S/C18H16O2/c19-17-11-12-18(20,15-9-5-2-6-10-15)13-16(17)14-7-3-1-4-8-14/h1-12,19-20H,13H2. The Bertz CT molecular complexity index is 656. The van der Waals surface area contributed by atoms with Crippen LogP contribution in [0.25, 0.3) is 5.57 Å². The van der Waals surface area contributed by atoms with Crippen LogP contribution in [-0.4, -0.2) is 10.2 Å².